The highest BCUT2D eigenvalue weighted by atomic mass is 16.6. The maximum absolute atomic E-state index is 11.0. The predicted molar refractivity (Wildman–Crippen MR) is 98.2 cm³/mol. The van der Waals surface area contributed by atoms with Crippen molar-refractivity contribution < 1.29 is 19.3 Å². The second-order valence-electron chi connectivity index (χ2n) is 9.05. The van der Waals surface area contributed by atoms with Crippen molar-refractivity contribution in [2.75, 3.05) is 13.7 Å². The normalized spacial score (nSPS) is 50.6. The molecule has 0 aromatic carbocycles. The Hall–Kier alpha value is -0.225. The fraction of sp³-hybridized carbons (Fsp3) is 0.875. The average Bonchev–Trinajstić information content (AvgIpc) is 3.33. The lowest BCUT2D eigenvalue weighted by atomic mass is 9.37. The Morgan fingerprint density at radius 1 is 1.35 bits per heavy atom. The average molecular weight is 318 g/mol. The van der Waals surface area contributed by atoms with Gasteiger partial charge in [0, 0.05) is 13.0 Å². The molecule has 4 nitrogen and oxygen atoms in total. The van der Waals surface area contributed by atoms with Crippen molar-refractivity contribution >= 4 is 23.5 Å². The van der Waals surface area contributed by atoms with Gasteiger partial charge in [-0.3, -0.25) is 0 Å². The summed E-state index contributed by atoms with van der Waals surface area (Å²) in [6.07, 6.45) is 3.60. The molecule has 0 radical (unpaired) electrons. The van der Waals surface area contributed by atoms with E-state index in [1.54, 1.807) is 7.11 Å². The van der Waals surface area contributed by atoms with E-state index in [-0.39, 0.29) is 28.4 Å². The summed E-state index contributed by atoms with van der Waals surface area (Å²) in [6.45, 7) is 7.11. The summed E-state index contributed by atoms with van der Waals surface area (Å²) >= 11 is 0. The molecule has 3 rings (SSSR count). The summed E-state index contributed by atoms with van der Waals surface area (Å²) in [4.78, 5) is 0. The monoisotopic (exact) mass is 318 g/mol. The number of aliphatic hydroxyl groups is 1. The van der Waals surface area contributed by atoms with Gasteiger partial charge in [-0.15, -0.1) is 0 Å². The fourth-order valence-electron chi connectivity index (χ4n) is 5.26. The van der Waals surface area contributed by atoms with Crippen LogP contribution in [0.25, 0.3) is 0 Å². The molecule has 1 spiro atoms. The van der Waals surface area contributed by atoms with Crippen LogP contribution in [0.3, 0.4) is 0 Å². The van der Waals surface area contributed by atoms with E-state index in [9.17, 15) is 5.11 Å². The minimum absolute atomic E-state index is 0.0334. The van der Waals surface area contributed by atoms with Gasteiger partial charge in [0.25, 0.3) is 0 Å². The largest absolute Gasteiger partial charge is 0.392 e. The van der Waals surface area contributed by atoms with E-state index in [0.717, 1.165) is 19.4 Å². The highest BCUT2D eigenvalue weighted by molar-refractivity contribution is 6.41. The lowest BCUT2D eigenvalue weighted by Crippen LogP contribution is -2.68. The van der Waals surface area contributed by atoms with E-state index >= 15 is 0 Å². The van der Waals surface area contributed by atoms with Crippen molar-refractivity contribution in [3.05, 3.63) is 11.6 Å². The second-order valence-corrected chi connectivity index (χ2v) is 9.05. The number of ether oxygens (including phenoxy) is 3. The van der Waals surface area contributed by atoms with Gasteiger partial charge in [0.1, 0.15) is 29.1 Å². The molecular weight excluding hydrogens is 289 g/mol. The molecule has 2 heterocycles. The Morgan fingerprint density at radius 3 is 2.43 bits per heavy atom. The molecule has 1 saturated carbocycles. The molecule has 7 heteroatoms. The number of methoxy groups -OCH3 is 1. The first-order chi connectivity index (χ1) is 10.5. The third-order valence-electron chi connectivity index (χ3n) is 6.38. The lowest BCUT2D eigenvalue weighted by Gasteiger charge is -2.56. The SMILES string of the molecule is BC1(B)C[C@]2(CO2)[C@@H](C2(C)O[C@@H]2CC=C(C)C)[C@@](B)(OC)[C@H]1O. The van der Waals surface area contributed by atoms with Crippen LogP contribution in [0.5, 0.6) is 0 Å². The maximum Gasteiger partial charge on any atom is 0.147 e. The molecule has 3 fully saturated rings. The van der Waals surface area contributed by atoms with E-state index in [1.807, 2.05) is 7.85 Å². The van der Waals surface area contributed by atoms with Crippen LogP contribution in [0.4, 0.5) is 0 Å². The zero-order valence-electron chi connectivity index (χ0n) is 15.6. The molecule has 0 amide bonds. The van der Waals surface area contributed by atoms with Crippen molar-refractivity contribution in [3.8, 4) is 0 Å². The van der Waals surface area contributed by atoms with Gasteiger partial charge in [-0.1, -0.05) is 16.9 Å². The van der Waals surface area contributed by atoms with Crippen LogP contribution in [0.15, 0.2) is 11.6 Å². The van der Waals surface area contributed by atoms with E-state index in [4.69, 9.17) is 14.2 Å². The highest BCUT2D eigenvalue weighted by Gasteiger charge is 2.77. The van der Waals surface area contributed by atoms with Crippen LogP contribution in [0.2, 0.25) is 5.21 Å². The van der Waals surface area contributed by atoms with Crippen LogP contribution in [0.1, 0.15) is 33.6 Å². The molecule has 2 saturated heterocycles. The molecule has 3 aliphatic rings. The second kappa shape index (κ2) is 5.14. The molecule has 1 unspecified atom stereocenters. The Labute approximate surface area is 142 Å². The molecule has 126 valence electrons. The van der Waals surface area contributed by atoms with Gasteiger partial charge in [0.05, 0.1) is 29.9 Å². The third kappa shape index (κ3) is 2.55. The van der Waals surface area contributed by atoms with Crippen molar-refractivity contribution in [2.24, 2.45) is 5.92 Å². The smallest absolute Gasteiger partial charge is 0.147 e. The number of allylic oxidation sites excluding steroid dienone is 1. The van der Waals surface area contributed by atoms with Gasteiger partial charge < -0.3 is 19.3 Å². The zero-order chi connectivity index (χ0) is 17.3. The topological polar surface area (TPSA) is 54.5 Å². The highest BCUT2D eigenvalue weighted by Crippen LogP contribution is 2.65. The summed E-state index contributed by atoms with van der Waals surface area (Å²) < 4.78 is 18.1. The van der Waals surface area contributed by atoms with Crippen LogP contribution in [-0.4, -0.2) is 71.3 Å². The molecule has 23 heavy (non-hydrogen) atoms. The minimum atomic E-state index is -0.674. The fourth-order valence-corrected chi connectivity index (χ4v) is 5.26. The number of aliphatic hydroxyl groups excluding tert-OH is 1. The van der Waals surface area contributed by atoms with Crippen LogP contribution in [0, 0.1) is 5.92 Å². The van der Waals surface area contributed by atoms with Gasteiger partial charge >= 0.3 is 0 Å². The summed E-state index contributed by atoms with van der Waals surface area (Å²) in [5.74, 6) is 0.0334. The van der Waals surface area contributed by atoms with E-state index in [1.165, 1.54) is 5.57 Å². The van der Waals surface area contributed by atoms with E-state index in [2.05, 4.69) is 42.5 Å². The Bertz CT molecular complexity index is 529. The van der Waals surface area contributed by atoms with E-state index < -0.39 is 11.6 Å². The van der Waals surface area contributed by atoms with Crippen molar-refractivity contribution in [1.29, 1.82) is 0 Å². The molecule has 6 atom stereocenters. The van der Waals surface area contributed by atoms with Gasteiger partial charge in [0.2, 0.25) is 0 Å². The number of hydrogen-bond acceptors (Lipinski definition) is 4. The Morgan fingerprint density at radius 2 is 1.96 bits per heavy atom. The Kier molecular flexibility index (Phi) is 3.93. The minimum Gasteiger partial charge on any atom is -0.392 e. The molecule has 1 N–H and O–H groups in total. The van der Waals surface area contributed by atoms with Crippen LogP contribution in [-0.2, 0) is 14.2 Å². The number of rotatable bonds is 4. The number of epoxide rings is 2. The van der Waals surface area contributed by atoms with Gasteiger partial charge in [0.15, 0.2) is 0 Å². The molecule has 0 bridgehead atoms. The first-order valence-corrected chi connectivity index (χ1v) is 8.70. The van der Waals surface area contributed by atoms with Crippen molar-refractivity contribution in [2.45, 2.75) is 67.7 Å². The summed E-state index contributed by atoms with van der Waals surface area (Å²) in [7, 11) is 7.93. The van der Waals surface area contributed by atoms with Crippen LogP contribution < -0.4 is 0 Å². The van der Waals surface area contributed by atoms with Crippen molar-refractivity contribution in [1.82, 2.24) is 0 Å². The Balaban J connectivity index is 1.92. The van der Waals surface area contributed by atoms with E-state index in [0.29, 0.717) is 0 Å². The lowest BCUT2D eigenvalue weighted by molar-refractivity contribution is -0.150. The van der Waals surface area contributed by atoms with Crippen LogP contribution >= 0.6 is 0 Å². The molecule has 2 aliphatic heterocycles. The number of hydrogen-bond donors (Lipinski definition) is 1. The first-order valence-electron chi connectivity index (χ1n) is 8.70. The zero-order valence-corrected chi connectivity index (χ0v) is 15.6. The van der Waals surface area contributed by atoms with Crippen molar-refractivity contribution in [3.63, 3.8) is 0 Å². The molecular formula is C16H29B3O4. The standard InChI is InChI=1S/C16H29B3O4/c1-9(2)5-6-10-13(3,23-10)11-14(8-22-14)7-15(17,18)12(20)16(11,19)21-4/h5,10-12,20H,6-8,17-19H2,1-4H3/t10-,11-,12+,13?,14+,16-/m1/s1. The predicted octanol–water partition coefficient (Wildman–Crippen LogP) is -0.992. The molecule has 1 aliphatic carbocycles. The summed E-state index contributed by atoms with van der Waals surface area (Å²) in [6, 6.07) is 0. The molecule has 0 aromatic heterocycles. The summed E-state index contributed by atoms with van der Waals surface area (Å²) in [5, 5.41) is 10.8. The molecule has 0 aromatic rings. The van der Waals surface area contributed by atoms with Gasteiger partial charge in [-0.2, -0.15) is 0 Å². The summed E-state index contributed by atoms with van der Waals surface area (Å²) in [5.41, 5.74) is 0.110. The third-order valence-corrected chi connectivity index (χ3v) is 6.38. The quantitative estimate of drug-likeness (QED) is 0.411. The van der Waals surface area contributed by atoms with Gasteiger partial charge in [-0.25, -0.2) is 0 Å². The maximum atomic E-state index is 11.0. The first kappa shape index (κ1) is 17.6. The van der Waals surface area contributed by atoms with Gasteiger partial charge in [-0.05, 0) is 33.6 Å².